The molecular formula is C25H22BrNO5. The minimum Gasteiger partial charge on any atom is -0.497 e. The fraction of sp³-hybridized carbons (Fsp3) is 0.160. The van der Waals surface area contributed by atoms with Gasteiger partial charge in [0.25, 0.3) is 5.91 Å². The third kappa shape index (κ3) is 5.23. The van der Waals surface area contributed by atoms with Gasteiger partial charge in [-0.05, 0) is 67.4 Å². The monoisotopic (exact) mass is 495 g/mol. The largest absolute Gasteiger partial charge is 0.497 e. The Morgan fingerprint density at radius 3 is 2.19 bits per heavy atom. The fourth-order valence-corrected chi connectivity index (χ4v) is 3.50. The Morgan fingerprint density at radius 1 is 0.875 bits per heavy atom. The minimum atomic E-state index is -0.749. The van der Waals surface area contributed by atoms with Crippen molar-refractivity contribution < 1.29 is 23.9 Å². The van der Waals surface area contributed by atoms with Crippen molar-refractivity contribution in [3.63, 3.8) is 0 Å². The first kappa shape index (κ1) is 23.2. The second-order valence-electron chi connectivity index (χ2n) is 7.07. The number of hydrogen-bond donors (Lipinski definition) is 1. The first-order valence-corrected chi connectivity index (χ1v) is 10.6. The third-order valence-corrected chi connectivity index (χ3v) is 5.93. The molecule has 0 radical (unpaired) electrons. The van der Waals surface area contributed by atoms with Crippen LogP contribution in [0.2, 0.25) is 0 Å². The summed E-state index contributed by atoms with van der Waals surface area (Å²) in [6, 6.07) is 16.6. The van der Waals surface area contributed by atoms with E-state index in [9.17, 15) is 14.4 Å². The van der Waals surface area contributed by atoms with Crippen LogP contribution in [0.15, 0.2) is 65.1 Å². The SMILES string of the molecule is COc1ccc(C(=O)c2ccccc2C(=O)OCC(=O)Nc2ccc(Br)c(C)c2C)cc1. The van der Waals surface area contributed by atoms with E-state index >= 15 is 0 Å². The van der Waals surface area contributed by atoms with Gasteiger partial charge in [-0.1, -0.05) is 34.1 Å². The highest BCUT2D eigenvalue weighted by atomic mass is 79.9. The maximum absolute atomic E-state index is 12.9. The highest BCUT2D eigenvalue weighted by Crippen LogP contribution is 2.26. The van der Waals surface area contributed by atoms with Gasteiger partial charge in [0.1, 0.15) is 5.75 Å². The van der Waals surface area contributed by atoms with Crippen LogP contribution in [-0.4, -0.2) is 31.4 Å². The van der Waals surface area contributed by atoms with Crippen LogP contribution in [-0.2, 0) is 9.53 Å². The first-order chi connectivity index (χ1) is 15.3. The Bertz CT molecular complexity index is 1170. The van der Waals surface area contributed by atoms with Gasteiger partial charge in [0, 0.05) is 21.3 Å². The van der Waals surface area contributed by atoms with Gasteiger partial charge in [0.2, 0.25) is 0 Å². The molecule has 7 heteroatoms. The Morgan fingerprint density at radius 2 is 1.53 bits per heavy atom. The minimum absolute atomic E-state index is 0.0942. The van der Waals surface area contributed by atoms with Crippen molar-refractivity contribution in [2.24, 2.45) is 0 Å². The first-order valence-electron chi connectivity index (χ1n) is 9.82. The number of halogens is 1. The van der Waals surface area contributed by atoms with Crippen LogP contribution in [0.3, 0.4) is 0 Å². The number of hydrogen-bond acceptors (Lipinski definition) is 5. The van der Waals surface area contributed by atoms with Gasteiger partial charge in [-0.25, -0.2) is 4.79 Å². The van der Waals surface area contributed by atoms with Crippen LogP contribution in [0.1, 0.15) is 37.4 Å². The maximum atomic E-state index is 12.9. The van der Waals surface area contributed by atoms with E-state index in [-0.39, 0.29) is 16.9 Å². The smallest absolute Gasteiger partial charge is 0.339 e. The van der Waals surface area contributed by atoms with Crippen LogP contribution in [0.5, 0.6) is 5.75 Å². The molecule has 6 nitrogen and oxygen atoms in total. The van der Waals surface area contributed by atoms with Gasteiger partial charge in [-0.15, -0.1) is 0 Å². The molecule has 0 spiro atoms. The second kappa shape index (κ2) is 10.2. The maximum Gasteiger partial charge on any atom is 0.339 e. The summed E-state index contributed by atoms with van der Waals surface area (Å²) in [5, 5.41) is 2.74. The highest BCUT2D eigenvalue weighted by molar-refractivity contribution is 9.10. The van der Waals surface area contributed by atoms with Crippen molar-refractivity contribution in [3.05, 3.63) is 93.0 Å². The van der Waals surface area contributed by atoms with E-state index < -0.39 is 18.5 Å². The molecule has 0 aliphatic carbocycles. The number of ketones is 1. The Kier molecular flexibility index (Phi) is 7.43. The molecule has 32 heavy (non-hydrogen) atoms. The Balaban J connectivity index is 1.70. The zero-order valence-electron chi connectivity index (χ0n) is 17.9. The predicted octanol–water partition coefficient (Wildman–Crippen LogP) is 5.10. The summed E-state index contributed by atoms with van der Waals surface area (Å²) in [6.07, 6.45) is 0. The van der Waals surface area contributed by atoms with E-state index in [0.717, 1.165) is 15.6 Å². The molecule has 1 amide bonds. The van der Waals surface area contributed by atoms with Crippen molar-refractivity contribution in [2.75, 3.05) is 19.0 Å². The molecule has 0 aliphatic heterocycles. The van der Waals surface area contributed by atoms with E-state index in [2.05, 4.69) is 21.2 Å². The van der Waals surface area contributed by atoms with Crippen LogP contribution in [0.25, 0.3) is 0 Å². The van der Waals surface area contributed by atoms with Crippen LogP contribution in [0.4, 0.5) is 5.69 Å². The lowest BCUT2D eigenvalue weighted by atomic mass is 9.98. The van der Waals surface area contributed by atoms with Gasteiger partial charge in [-0.2, -0.15) is 0 Å². The molecule has 0 atom stereocenters. The molecule has 0 saturated heterocycles. The zero-order chi connectivity index (χ0) is 23.3. The summed E-state index contributed by atoms with van der Waals surface area (Å²) >= 11 is 3.45. The standard InChI is InChI=1S/C25H22BrNO5/c1-15-16(2)22(13-12-21(15)26)27-23(28)14-32-25(30)20-7-5-4-6-19(20)24(29)17-8-10-18(31-3)11-9-17/h4-13H,14H2,1-3H3,(H,27,28). The molecule has 0 unspecified atom stereocenters. The molecular weight excluding hydrogens is 474 g/mol. The third-order valence-electron chi connectivity index (χ3n) is 5.07. The molecule has 164 valence electrons. The van der Waals surface area contributed by atoms with Crippen molar-refractivity contribution in [1.82, 2.24) is 0 Å². The summed E-state index contributed by atoms with van der Waals surface area (Å²) in [7, 11) is 1.54. The quantitative estimate of drug-likeness (QED) is 0.364. The van der Waals surface area contributed by atoms with E-state index in [1.54, 1.807) is 48.5 Å². The van der Waals surface area contributed by atoms with Crippen molar-refractivity contribution in [3.8, 4) is 5.75 Å². The fourth-order valence-electron chi connectivity index (χ4n) is 3.08. The number of ether oxygens (including phenoxy) is 2. The lowest BCUT2D eigenvalue weighted by Gasteiger charge is -2.13. The molecule has 3 aromatic rings. The summed E-state index contributed by atoms with van der Waals surface area (Å²) < 4.78 is 11.2. The van der Waals surface area contributed by atoms with Gasteiger partial charge < -0.3 is 14.8 Å². The highest BCUT2D eigenvalue weighted by Gasteiger charge is 2.20. The predicted molar refractivity (Wildman–Crippen MR) is 125 cm³/mol. The van der Waals surface area contributed by atoms with Gasteiger partial charge >= 0.3 is 5.97 Å². The van der Waals surface area contributed by atoms with E-state index in [1.165, 1.54) is 13.2 Å². The van der Waals surface area contributed by atoms with Crippen LogP contribution < -0.4 is 10.1 Å². The number of carbonyl (C=O) groups excluding carboxylic acids is 3. The molecule has 0 saturated carbocycles. The number of anilines is 1. The summed E-state index contributed by atoms with van der Waals surface area (Å²) in [6.45, 7) is 3.35. The van der Waals surface area contributed by atoms with Crippen LogP contribution in [0, 0.1) is 13.8 Å². The molecule has 0 aromatic heterocycles. The number of rotatable bonds is 7. The number of methoxy groups -OCH3 is 1. The topological polar surface area (TPSA) is 81.7 Å². The Labute approximate surface area is 194 Å². The number of benzene rings is 3. The van der Waals surface area contributed by atoms with Crippen molar-refractivity contribution in [2.45, 2.75) is 13.8 Å². The Hall–Kier alpha value is -3.45. The molecule has 0 fully saturated rings. The second-order valence-corrected chi connectivity index (χ2v) is 7.93. The molecule has 0 heterocycles. The molecule has 0 aliphatic rings. The summed E-state index contributed by atoms with van der Waals surface area (Å²) in [5.41, 5.74) is 3.26. The van der Waals surface area contributed by atoms with Gasteiger partial charge in [-0.3, -0.25) is 9.59 Å². The van der Waals surface area contributed by atoms with E-state index in [1.807, 2.05) is 19.9 Å². The van der Waals surface area contributed by atoms with Crippen molar-refractivity contribution in [1.29, 1.82) is 0 Å². The zero-order valence-corrected chi connectivity index (χ0v) is 19.5. The van der Waals surface area contributed by atoms with E-state index in [4.69, 9.17) is 9.47 Å². The molecule has 0 bridgehead atoms. The summed E-state index contributed by atoms with van der Waals surface area (Å²) in [5.74, 6) is -0.925. The van der Waals surface area contributed by atoms with E-state index in [0.29, 0.717) is 17.0 Å². The molecule has 3 aromatic carbocycles. The van der Waals surface area contributed by atoms with Gasteiger partial charge in [0.15, 0.2) is 12.4 Å². The van der Waals surface area contributed by atoms with Crippen LogP contribution >= 0.6 is 15.9 Å². The number of carbonyl (C=O) groups is 3. The average molecular weight is 496 g/mol. The molecule has 1 N–H and O–H groups in total. The average Bonchev–Trinajstić information content (AvgIpc) is 2.82. The van der Waals surface area contributed by atoms with Gasteiger partial charge in [0.05, 0.1) is 12.7 Å². The lowest BCUT2D eigenvalue weighted by Crippen LogP contribution is -2.22. The number of esters is 1. The summed E-state index contributed by atoms with van der Waals surface area (Å²) in [4.78, 5) is 37.9. The molecule has 3 rings (SSSR count). The number of nitrogens with one attached hydrogen (secondary N) is 1. The lowest BCUT2D eigenvalue weighted by molar-refractivity contribution is -0.119. The number of amides is 1. The normalized spacial score (nSPS) is 10.4. The van der Waals surface area contributed by atoms with Crippen molar-refractivity contribution >= 4 is 39.3 Å².